The van der Waals surface area contributed by atoms with E-state index >= 15 is 0 Å². The van der Waals surface area contributed by atoms with Gasteiger partial charge >= 0.3 is 0 Å². The molecule has 15 heavy (non-hydrogen) atoms. The Morgan fingerprint density at radius 3 is 2.53 bits per heavy atom. The molecular weight excluding hydrogens is 208 g/mol. The molecule has 0 unspecified atom stereocenters. The molecule has 0 radical (unpaired) electrons. The Morgan fingerprint density at radius 2 is 2.00 bits per heavy atom. The minimum atomic E-state index is 0.250. The van der Waals surface area contributed by atoms with E-state index in [0.29, 0.717) is 0 Å². The van der Waals surface area contributed by atoms with Crippen molar-refractivity contribution in [3.05, 3.63) is 34.9 Å². The topological polar surface area (TPSA) is 15.3 Å². The van der Waals surface area contributed by atoms with Crippen LogP contribution in [0.2, 0.25) is 5.02 Å². The molecule has 2 nitrogen and oxygen atoms in total. The lowest BCUT2D eigenvalue weighted by molar-refractivity contribution is 0.174. The SMILES string of the molecule is CC1(C)CNCN1Cc1ccc(Cl)cc1. The summed E-state index contributed by atoms with van der Waals surface area (Å²) in [6.45, 7) is 7.54. The summed E-state index contributed by atoms with van der Waals surface area (Å²) in [7, 11) is 0. The molecule has 0 aromatic heterocycles. The molecule has 1 aromatic rings. The van der Waals surface area contributed by atoms with Crippen molar-refractivity contribution < 1.29 is 0 Å². The van der Waals surface area contributed by atoms with Crippen LogP contribution in [0.3, 0.4) is 0 Å². The van der Waals surface area contributed by atoms with Crippen molar-refractivity contribution in [2.45, 2.75) is 25.9 Å². The van der Waals surface area contributed by atoms with Crippen molar-refractivity contribution in [1.29, 1.82) is 0 Å². The van der Waals surface area contributed by atoms with Crippen LogP contribution in [0.15, 0.2) is 24.3 Å². The van der Waals surface area contributed by atoms with Gasteiger partial charge in [-0.2, -0.15) is 0 Å². The lowest BCUT2D eigenvalue weighted by Crippen LogP contribution is -2.39. The van der Waals surface area contributed by atoms with Gasteiger partial charge in [-0.15, -0.1) is 0 Å². The van der Waals surface area contributed by atoms with Crippen molar-refractivity contribution >= 4 is 11.6 Å². The zero-order chi connectivity index (χ0) is 10.9. The van der Waals surface area contributed by atoms with Crippen LogP contribution >= 0.6 is 11.6 Å². The van der Waals surface area contributed by atoms with Crippen LogP contribution in [-0.4, -0.2) is 23.7 Å². The number of nitrogens with zero attached hydrogens (tertiary/aromatic N) is 1. The molecule has 1 aromatic carbocycles. The maximum Gasteiger partial charge on any atom is 0.0490 e. The van der Waals surface area contributed by atoms with Crippen molar-refractivity contribution in [2.24, 2.45) is 0 Å². The van der Waals surface area contributed by atoms with Crippen molar-refractivity contribution in [2.75, 3.05) is 13.2 Å². The summed E-state index contributed by atoms with van der Waals surface area (Å²) in [6.07, 6.45) is 0. The standard InChI is InChI=1S/C12H17ClN2/c1-12(2)8-14-9-15(12)7-10-3-5-11(13)6-4-10/h3-6,14H,7-9H2,1-2H3. The third-order valence-corrected chi connectivity index (χ3v) is 3.26. The van der Waals surface area contributed by atoms with Gasteiger partial charge in [0.15, 0.2) is 0 Å². The summed E-state index contributed by atoms with van der Waals surface area (Å²) in [6, 6.07) is 8.09. The molecule has 2 rings (SSSR count). The van der Waals surface area contributed by atoms with Gasteiger partial charge in [0, 0.05) is 30.3 Å². The van der Waals surface area contributed by atoms with Crippen LogP contribution < -0.4 is 5.32 Å². The Morgan fingerprint density at radius 1 is 1.33 bits per heavy atom. The highest BCUT2D eigenvalue weighted by molar-refractivity contribution is 6.30. The highest BCUT2D eigenvalue weighted by Crippen LogP contribution is 2.21. The van der Waals surface area contributed by atoms with E-state index in [-0.39, 0.29) is 5.54 Å². The van der Waals surface area contributed by atoms with E-state index in [1.807, 2.05) is 12.1 Å². The minimum absolute atomic E-state index is 0.250. The molecule has 1 N–H and O–H groups in total. The fourth-order valence-corrected chi connectivity index (χ4v) is 2.03. The monoisotopic (exact) mass is 224 g/mol. The van der Waals surface area contributed by atoms with Crippen LogP contribution in [-0.2, 0) is 6.54 Å². The van der Waals surface area contributed by atoms with Gasteiger partial charge in [-0.05, 0) is 31.5 Å². The van der Waals surface area contributed by atoms with Gasteiger partial charge in [0.1, 0.15) is 0 Å². The van der Waals surface area contributed by atoms with Crippen molar-refractivity contribution in [3.8, 4) is 0 Å². The Bertz CT molecular complexity index is 332. The summed E-state index contributed by atoms with van der Waals surface area (Å²) in [5, 5.41) is 4.20. The molecule has 0 spiro atoms. The predicted molar refractivity (Wildman–Crippen MR) is 63.9 cm³/mol. The van der Waals surface area contributed by atoms with E-state index in [1.165, 1.54) is 5.56 Å². The smallest absolute Gasteiger partial charge is 0.0490 e. The van der Waals surface area contributed by atoms with E-state index in [2.05, 4.69) is 36.2 Å². The molecule has 0 bridgehead atoms. The molecule has 1 fully saturated rings. The zero-order valence-corrected chi connectivity index (χ0v) is 10.0. The molecule has 0 saturated carbocycles. The summed E-state index contributed by atoms with van der Waals surface area (Å²) in [4.78, 5) is 2.44. The summed E-state index contributed by atoms with van der Waals surface area (Å²) in [5.74, 6) is 0. The highest BCUT2D eigenvalue weighted by Gasteiger charge is 2.31. The molecule has 0 atom stereocenters. The fraction of sp³-hybridized carbons (Fsp3) is 0.500. The Hall–Kier alpha value is -0.570. The maximum absolute atomic E-state index is 5.86. The number of halogens is 1. The van der Waals surface area contributed by atoms with E-state index in [9.17, 15) is 0 Å². The Labute approximate surface area is 96.2 Å². The Kier molecular flexibility index (Phi) is 3.01. The van der Waals surface area contributed by atoms with E-state index in [0.717, 1.165) is 24.8 Å². The molecule has 1 aliphatic heterocycles. The maximum atomic E-state index is 5.86. The highest BCUT2D eigenvalue weighted by atomic mass is 35.5. The van der Waals surface area contributed by atoms with Gasteiger partial charge in [-0.3, -0.25) is 4.90 Å². The van der Waals surface area contributed by atoms with E-state index in [4.69, 9.17) is 11.6 Å². The van der Waals surface area contributed by atoms with Crippen LogP contribution in [0.5, 0.6) is 0 Å². The first-order valence-electron chi connectivity index (χ1n) is 5.28. The largest absolute Gasteiger partial charge is 0.302 e. The predicted octanol–water partition coefficient (Wildman–Crippen LogP) is 2.48. The van der Waals surface area contributed by atoms with Crippen molar-refractivity contribution in [1.82, 2.24) is 10.2 Å². The number of hydrogen-bond donors (Lipinski definition) is 1. The molecule has 3 heteroatoms. The fourth-order valence-electron chi connectivity index (χ4n) is 1.90. The number of benzene rings is 1. The summed E-state index contributed by atoms with van der Waals surface area (Å²) in [5.41, 5.74) is 1.57. The minimum Gasteiger partial charge on any atom is -0.302 e. The van der Waals surface area contributed by atoms with E-state index < -0.39 is 0 Å². The molecular formula is C12H17ClN2. The molecule has 1 aliphatic rings. The first-order chi connectivity index (χ1) is 7.08. The number of rotatable bonds is 2. The van der Waals surface area contributed by atoms with Gasteiger partial charge in [0.25, 0.3) is 0 Å². The first-order valence-corrected chi connectivity index (χ1v) is 5.66. The third kappa shape index (κ3) is 2.51. The first kappa shape index (κ1) is 10.9. The van der Waals surface area contributed by atoms with Crippen LogP contribution in [0.1, 0.15) is 19.4 Å². The average molecular weight is 225 g/mol. The number of hydrogen-bond acceptors (Lipinski definition) is 2. The lowest BCUT2D eigenvalue weighted by atomic mass is 10.0. The second-order valence-corrected chi connectivity index (χ2v) is 5.16. The Balaban J connectivity index is 2.06. The zero-order valence-electron chi connectivity index (χ0n) is 9.26. The molecule has 0 amide bonds. The molecule has 0 aliphatic carbocycles. The lowest BCUT2D eigenvalue weighted by Gasteiger charge is -2.30. The summed E-state index contributed by atoms with van der Waals surface area (Å²) < 4.78 is 0. The molecule has 82 valence electrons. The van der Waals surface area contributed by atoms with Gasteiger partial charge < -0.3 is 5.32 Å². The van der Waals surface area contributed by atoms with Gasteiger partial charge in [0.2, 0.25) is 0 Å². The van der Waals surface area contributed by atoms with Gasteiger partial charge in [-0.1, -0.05) is 23.7 Å². The molecule has 1 heterocycles. The second kappa shape index (κ2) is 4.12. The summed E-state index contributed by atoms with van der Waals surface area (Å²) >= 11 is 5.86. The third-order valence-electron chi connectivity index (χ3n) is 3.00. The average Bonchev–Trinajstić information content (AvgIpc) is 2.50. The van der Waals surface area contributed by atoms with Crippen molar-refractivity contribution in [3.63, 3.8) is 0 Å². The van der Waals surface area contributed by atoms with E-state index in [1.54, 1.807) is 0 Å². The normalized spacial score (nSPS) is 20.7. The van der Waals surface area contributed by atoms with Gasteiger partial charge in [-0.25, -0.2) is 0 Å². The quantitative estimate of drug-likeness (QED) is 0.831. The van der Waals surface area contributed by atoms with Gasteiger partial charge in [0.05, 0.1) is 0 Å². The van der Waals surface area contributed by atoms with Crippen LogP contribution in [0.4, 0.5) is 0 Å². The second-order valence-electron chi connectivity index (χ2n) is 4.72. The van der Waals surface area contributed by atoms with Crippen LogP contribution in [0, 0.1) is 0 Å². The number of nitrogens with one attached hydrogen (secondary N) is 1. The molecule has 1 saturated heterocycles. The van der Waals surface area contributed by atoms with Crippen LogP contribution in [0.25, 0.3) is 0 Å².